The third-order valence-corrected chi connectivity index (χ3v) is 14.9. The monoisotopic (exact) mass is 872 g/mol. The minimum atomic E-state index is -1.11. The van der Waals surface area contributed by atoms with E-state index in [4.69, 9.17) is 4.98 Å². The molecule has 64 heavy (non-hydrogen) atoms. The second kappa shape index (κ2) is 19.9. The Morgan fingerprint density at radius 2 is 1.11 bits per heavy atom. The van der Waals surface area contributed by atoms with Crippen LogP contribution in [0.3, 0.4) is 0 Å². The summed E-state index contributed by atoms with van der Waals surface area (Å²) >= 11 is 0. The summed E-state index contributed by atoms with van der Waals surface area (Å²) in [6.07, 6.45) is 15.1. The first-order valence-electron chi connectivity index (χ1n) is 24.2. The van der Waals surface area contributed by atoms with Crippen molar-refractivity contribution in [3.05, 3.63) is 82.4 Å². The summed E-state index contributed by atoms with van der Waals surface area (Å²) in [4.78, 5) is 88.7. The van der Waals surface area contributed by atoms with E-state index < -0.39 is 23.8 Å². The Balaban J connectivity index is 1.09. The van der Waals surface area contributed by atoms with Crippen LogP contribution in [0.2, 0.25) is 0 Å². The molecule has 1 saturated carbocycles. The van der Waals surface area contributed by atoms with Crippen molar-refractivity contribution in [2.75, 3.05) is 52.4 Å². The highest BCUT2D eigenvalue weighted by atomic mass is 16.4. The number of amides is 4. The summed E-state index contributed by atoms with van der Waals surface area (Å²) in [5, 5.41) is 16.3. The number of aliphatic carboxylic acids is 1. The minimum Gasteiger partial charge on any atom is -0.480 e. The number of pyridine rings is 2. The van der Waals surface area contributed by atoms with E-state index in [2.05, 4.69) is 31.5 Å². The predicted molar refractivity (Wildman–Crippen MR) is 242 cm³/mol. The molecule has 4 saturated heterocycles. The summed E-state index contributed by atoms with van der Waals surface area (Å²) in [7, 11) is 0. The fraction of sp³-hybridized carbons (Fsp3) is 0.580. The van der Waals surface area contributed by atoms with Gasteiger partial charge >= 0.3 is 5.97 Å². The van der Waals surface area contributed by atoms with Gasteiger partial charge in [0.1, 0.15) is 28.8 Å². The van der Waals surface area contributed by atoms with E-state index in [9.17, 15) is 29.1 Å². The van der Waals surface area contributed by atoms with Crippen LogP contribution in [-0.2, 0) is 11.2 Å². The molecule has 0 spiro atoms. The zero-order chi connectivity index (χ0) is 44.2. The third kappa shape index (κ3) is 9.88. The van der Waals surface area contributed by atoms with Crippen LogP contribution in [0.4, 0.5) is 0 Å². The number of carboxylic acid groups (broad SMARTS) is 1. The number of hydrogen-bond donors (Lipinski definition) is 3. The zero-order valence-corrected chi connectivity index (χ0v) is 37.1. The number of piperidine rings is 1. The van der Waals surface area contributed by atoms with Crippen molar-refractivity contribution in [3.8, 4) is 11.1 Å². The summed E-state index contributed by atoms with van der Waals surface area (Å²) in [6, 6.07) is 13.2. The molecular formula is C50H64N8O6. The van der Waals surface area contributed by atoms with Crippen LogP contribution in [0.25, 0.3) is 11.1 Å². The van der Waals surface area contributed by atoms with Gasteiger partial charge in [-0.2, -0.15) is 0 Å². The van der Waals surface area contributed by atoms with Crippen molar-refractivity contribution >= 4 is 29.6 Å². The average Bonchev–Trinajstić information content (AvgIpc) is 4.18. The fourth-order valence-electron chi connectivity index (χ4n) is 11.4. The Bertz CT molecular complexity index is 2210. The maximum Gasteiger partial charge on any atom is 0.326 e. The van der Waals surface area contributed by atoms with Crippen molar-refractivity contribution in [2.45, 2.75) is 127 Å². The van der Waals surface area contributed by atoms with Gasteiger partial charge in [-0.25, -0.2) is 14.8 Å². The molecule has 0 bridgehead atoms. The standard InChI is InChI=1S/C50H64N8O6/c59-46(53-40-20-19-33-13-5-6-18-39(33)40)41-27-35(29-43(51-41)48(61)57-25-11-16-37(57)31-55-21-7-2-8-22-55)36-28-42(47(60)54-45(50(63)64)34-14-3-1-4-15-34)52-44(30-36)49(62)58-26-12-17-38(58)32-56-23-9-10-24-56/h5-6,13,18,27-30,34,37-38,40,45H,1-4,7-12,14-17,19-26,31-32H2,(H,53,59)(H,54,60)(H,63,64). The van der Waals surface area contributed by atoms with Crippen LogP contribution in [0.5, 0.6) is 0 Å². The van der Waals surface area contributed by atoms with Gasteiger partial charge in [0, 0.05) is 38.3 Å². The molecule has 14 heteroatoms. The first-order chi connectivity index (χ1) is 31.2. The zero-order valence-electron chi connectivity index (χ0n) is 37.1. The number of carbonyl (C=O) groups is 5. The summed E-state index contributed by atoms with van der Waals surface area (Å²) < 4.78 is 0. The van der Waals surface area contributed by atoms with E-state index in [-0.39, 0.29) is 58.6 Å². The summed E-state index contributed by atoms with van der Waals surface area (Å²) in [5.41, 5.74) is 3.22. The second-order valence-electron chi connectivity index (χ2n) is 19.2. The predicted octanol–water partition coefficient (Wildman–Crippen LogP) is 6.12. The molecule has 6 heterocycles. The molecule has 2 aliphatic carbocycles. The molecule has 5 fully saturated rings. The van der Waals surface area contributed by atoms with Gasteiger partial charge in [0.2, 0.25) is 0 Å². The van der Waals surface area contributed by atoms with Gasteiger partial charge in [-0.15, -0.1) is 0 Å². The average molecular weight is 873 g/mol. The first-order valence-corrected chi connectivity index (χ1v) is 24.2. The van der Waals surface area contributed by atoms with Gasteiger partial charge in [0.15, 0.2) is 0 Å². The number of nitrogens with one attached hydrogen (secondary N) is 2. The lowest BCUT2D eigenvalue weighted by atomic mass is 9.84. The molecule has 4 aliphatic heterocycles. The molecular weight excluding hydrogens is 809 g/mol. The number of fused-ring (bicyclic) bond motifs is 1. The molecule has 2 aromatic heterocycles. The maximum atomic E-state index is 14.7. The van der Waals surface area contributed by atoms with Crippen molar-refractivity contribution in [2.24, 2.45) is 5.92 Å². The molecule has 9 rings (SSSR count). The molecule has 0 radical (unpaired) electrons. The van der Waals surface area contributed by atoms with Crippen molar-refractivity contribution < 1.29 is 29.1 Å². The lowest BCUT2D eigenvalue weighted by Crippen LogP contribution is -2.47. The van der Waals surface area contributed by atoms with Gasteiger partial charge in [-0.05, 0) is 156 Å². The van der Waals surface area contributed by atoms with Crippen LogP contribution in [0.15, 0.2) is 48.5 Å². The van der Waals surface area contributed by atoms with E-state index in [1.54, 1.807) is 24.3 Å². The summed E-state index contributed by atoms with van der Waals surface area (Å²) in [5.74, 6) is -3.01. The van der Waals surface area contributed by atoms with Gasteiger partial charge in [0.25, 0.3) is 23.6 Å². The highest BCUT2D eigenvalue weighted by Gasteiger charge is 2.36. The lowest BCUT2D eigenvalue weighted by molar-refractivity contribution is -0.141. The Labute approximate surface area is 376 Å². The molecule has 4 amide bonds. The SMILES string of the molecule is O=C(NC1CCc2ccccc21)c1cc(-c2cc(C(=O)NC(C(=O)O)C3CCCCC3)nc(C(=O)N3CCCC3CN3CCCC3)c2)cc(C(=O)N2CCCC2CN2CCCCC2)n1. The number of nitrogens with zero attached hydrogens (tertiary/aromatic N) is 6. The lowest BCUT2D eigenvalue weighted by Gasteiger charge is -2.33. The molecule has 14 nitrogen and oxygen atoms in total. The number of carbonyl (C=O) groups excluding carboxylic acids is 4. The van der Waals surface area contributed by atoms with Gasteiger partial charge in [0.05, 0.1) is 6.04 Å². The van der Waals surface area contributed by atoms with Gasteiger partial charge in [-0.1, -0.05) is 49.9 Å². The van der Waals surface area contributed by atoms with Crippen LogP contribution in [0, 0.1) is 5.92 Å². The number of aromatic nitrogens is 2. The summed E-state index contributed by atoms with van der Waals surface area (Å²) in [6.45, 7) is 6.76. The largest absolute Gasteiger partial charge is 0.480 e. The second-order valence-corrected chi connectivity index (χ2v) is 19.2. The normalized spacial score (nSPS) is 23.5. The van der Waals surface area contributed by atoms with Gasteiger partial charge < -0.3 is 35.3 Å². The Hall–Kier alpha value is -5.21. The highest BCUT2D eigenvalue weighted by molar-refractivity contribution is 6.01. The quantitative estimate of drug-likeness (QED) is 0.182. The topological polar surface area (TPSA) is 168 Å². The molecule has 6 aliphatic rings. The number of hydrogen-bond acceptors (Lipinski definition) is 9. The van der Waals surface area contributed by atoms with E-state index in [1.165, 1.54) is 12.0 Å². The molecule has 4 atom stereocenters. The van der Waals surface area contributed by atoms with E-state index in [0.717, 1.165) is 128 Å². The molecule has 1 aromatic carbocycles. The number of likely N-dealkylation sites (tertiary alicyclic amines) is 4. The maximum absolute atomic E-state index is 14.7. The van der Waals surface area contributed by atoms with Crippen LogP contribution in [-0.4, -0.2) is 135 Å². The molecule has 340 valence electrons. The smallest absolute Gasteiger partial charge is 0.326 e. The Morgan fingerprint density at radius 1 is 0.594 bits per heavy atom. The number of aryl methyl sites for hydroxylation is 1. The number of rotatable bonds is 13. The van der Waals surface area contributed by atoms with Gasteiger partial charge in [-0.3, -0.25) is 19.2 Å². The van der Waals surface area contributed by atoms with E-state index in [0.29, 0.717) is 37.1 Å². The molecule has 4 unspecified atom stereocenters. The number of carboxylic acids is 1. The van der Waals surface area contributed by atoms with Crippen molar-refractivity contribution in [1.82, 2.24) is 40.2 Å². The third-order valence-electron chi connectivity index (χ3n) is 14.9. The van der Waals surface area contributed by atoms with Crippen molar-refractivity contribution in [3.63, 3.8) is 0 Å². The van der Waals surface area contributed by atoms with Crippen LogP contribution < -0.4 is 10.6 Å². The Kier molecular flexibility index (Phi) is 13.7. The van der Waals surface area contributed by atoms with E-state index in [1.807, 2.05) is 28.0 Å². The van der Waals surface area contributed by atoms with Crippen molar-refractivity contribution in [1.29, 1.82) is 0 Å². The van der Waals surface area contributed by atoms with Crippen LogP contribution in [0.1, 0.15) is 155 Å². The van der Waals surface area contributed by atoms with E-state index >= 15 is 0 Å². The van der Waals surface area contributed by atoms with Crippen LogP contribution >= 0.6 is 0 Å². The Morgan fingerprint density at radius 3 is 1.69 bits per heavy atom. The fourth-order valence-corrected chi connectivity index (χ4v) is 11.4. The first kappa shape index (κ1) is 44.0. The highest BCUT2D eigenvalue weighted by Crippen LogP contribution is 2.33. The molecule has 3 aromatic rings. The number of benzene rings is 1. The molecule has 3 N–H and O–H groups in total. The minimum absolute atomic E-state index is 0.00413.